The van der Waals surface area contributed by atoms with Gasteiger partial charge in [-0.1, -0.05) is 18.7 Å². The molecule has 1 saturated heterocycles. The normalized spacial score (nSPS) is 39.6. The Morgan fingerprint density at radius 1 is 1.45 bits per heavy atom. The molecule has 1 aliphatic carbocycles. The summed E-state index contributed by atoms with van der Waals surface area (Å²) in [6.07, 6.45) is 8.63. The van der Waals surface area contributed by atoms with Crippen molar-refractivity contribution in [2.75, 3.05) is 0 Å². The fourth-order valence-corrected chi connectivity index (χ4v) is 5.11. The molecular formula is C17H24FNS. The smallest absolute Gasteiger partial charge is 0.108 e. The Hall–Kier alpha value is -0.700. The molecule has 1 spiro atoms. The number of rotatable bonds is 4. The van der Waals surface area contributed by atoms with E-state index in [1.54, 1.807) is 6.92 Å². The lowest BCUT2D eigenvalue weighted by atomic mass is 9.76. The van der Waals surface area contributed by atoms with Crippen molar-refractivity contribution < 1.29 is 4.39 Å². The van der Waals surface area contributed by atoms with Crippen LogP contribution < -0.4 is 5.32 Å². The highest BCUT2D eigenvalue weighted by atomic mass is 32.2. The van der Waals surface area contributed by atoms with Gasteiger partial charge in [-0.3, -0.25) is 0 Å². The third-order valence-electron chi connectivity index (χ3n) is 4.95. The summed E-state index contributed by atoms with van der Waals surface area (Å²) in [7, 11) is 0. The standard InChI is InChI=1S/C17H24FNS/c1-12(9-15-11-19-15)8-14-10-17(20-13(14)2)6-4-16(3,18)5-7-17/h11,14,19H,1-2,4-10H2,3H3. The first-order valence-corrected chi connectivity index (χ1v) is 8.38. The molecule has 3 heteroatoms. The first kappa shape index (κ1) is 14.2. The van der Waals surface area contributed by atoms with E-state index in [9.17, 15) is 4.39 Å². The van der Waals surface area contributed by atoms with Crippen molar-refractivity contribution in [3.05, 3.63) is 35.5 Å². The molecule has 0 amide bonds. The van der Waals surface area contributed by atoms with E-state index >= 15 is 0 Å². The molecule has 0 aromatic carbocycles. The summed E-state index contributed by atoms with van der Waals surface area (Å²) < 4.78 is 14.3. The van der Waals surface area contributed by atoms with Crippen LogP contribution in [0, 0.1) is 5.92 Å². The summed E-state index contributed by atoms with van der Waals surface area (Å²) in [5, 5.41) is 3.13. The van der Waals surface area contributed by atoms with E-state index in [0.717, 1.165) is 32.1 Å². The zero-order valence-corrected chi connectivity index (χ0v) is 13.1. The van der Waals surface area contributed by atoms with Crippen molar-refractivity contribution in [1.29, 1.82) is 0 Å². The summed E-state index contributed by atoms with van der Waals surface area (Å²) in [6.45, 7) is 10.2. The summed E-state index contributed by atoms with van der Waals surface area (Å²) >= 11 is 1.94. The van der Waals surface area contributed by atoms with E-state index in [2.05, 4.69) is 18.5 Å². The molecule has 0 aromatic rings. The van der Waals surface area contributed by atoms with Crippen LogP contribution in [0.1, 0.15) is 51.9 Å². The quantitative estimate of drug-likeness (QED) is 0.730. The van der Waals surface area contributed by atoms with Gasteiger partial charge in [-0.05, 0) is 56.3 Å². The Balaban J connectivity index is 1.57. The molecule has 1 unspecified atom stereocenters. The number of thioether (sulfide) groups is 1. The second-order valence-electron chi connectivity index (χ2n) is 7.01. The van der Waals surface area contributed by atoms with Gasteiger partial charge in [0.1, 0.15) is 5.67 Å². The highest BCUT2D eigenvalue weighted by Gasteiger charge is 2.47. The van der Waals surface area contributed by atoms with Gasteiger partial charge < -0.3 is 5.32 Å². The van der Waals surface area contributed by atoms with Gasteiger partial charge >= 0.3 is 0 Å². The molecule has 3 rings (SSSR count). The molecule has 2 aliphatic heterocycles. The zero-order valence-electron chi connectivity index (χ0n) is 12.3. The molecule has 2 heterocycles. The van der Waals surface area contributed by atoms with Gasteiger partial charge in [0, 0.05) is 23.1 Å². The lowest BCUT2D eigenvalue weighted by Gasteiger charge is -2.38. The fraction of sp³-hybridized carbons (Fsp3) is 0.647. The van der Waals surface area contributed by atoms with Gasteiger partial charge in [0.2, 0.25) is 0 Å². The van der Waals surface area contributed by atoms with Crippen molar-refractivity contribution in [3.63, 3.8) is 0 Å². The Morgan fingerprint density at radius 2 is 2.10 bits per heavy atom. The maximum absolute atomic E-state index is 14.0. The first-order valence-electron chi connectivity index (χ1n) is 7.57. The minimum absolute atomic E-state index is 0.269. The number of alkyl halides is 1. The van der Waals surface area contributed by atoms with Crippen molar-refractivity contribution in [1.82, 2.24) is 5.32 Å². The SMILES string of the molecule is C=C(CC1=CN1)CC1CC2(CCC(C)(F)CC2)SC1=C. The Bertz CT molecular complexity index is 467. The van der Waals surface area contributed by atoms with E-state index in [1.165, 1.54) is 16.2 Å². The van der Waals surface area contributed by atoms with Gasteiger partial charge in [-0.15, -0.1) is 11.8 Å². The van der Waals surface area contributed by atoms with Gasteiger partial charge in [-0.25, -0.2) is 4.39 Å². The molecule has 1 saturated carbocycles. The van der Waals surface area contributed by atoms with Gasteiger partial charge in [0.05, 0.1) is 0 Å². The number of hydrogen-bond donors (Lipinski definition) is 1. The van der Waals surface area contributed by atoms with Crippen LogP contribution in [-0.4, -0.2) is 10.4 Å². The number of nitrogens with one attached hydrogen (secondary N) is 1. The van der Waals surface area contributed by atoms with Crippen LogP contribution in [0.2, 0.25) is 0 Å². The largest absolute Gasteiger partial charge is 0.362 e. The predicted molar refractivity (Wildman–Crippen MR) is 85.1 cm³/mol. The maximum Gasteiger partial charge on any atom is 0.108 e. The molecule has 20 heavy (non-hydrogen) atoms. The van der Waals surface area contributed by atoms with Crippen molar-refractivity contribution in [3.8, 4) is 0 Å². The van der Waals surface area contributed by atoms with E-state index in [4.69, 9.17) is 0 Å². The minimum Gasteiger partial charge on any atom is -0.362 e. The van der Waals surface area contributed by atoms with Crippen molar-refractivity contribution in [2.24, 2.45) is 5.92 Å². The Kier molecular flexibility index (Phi) is 3.52. The van der Waals surface area contributed by atoms with Crippen LogP contribution in [0.4, 0.5) is 4.39 Å². The van der Waals surface area contributed by atoms with Gasteiger partial charge in [-0.2, -0.15) is 0 Å². The minimum atomic E-state index is -0.945. The molecule has 1 N–H and O–H groups in total. The Morgan fingerprint density at radius 3 is 2.70 bits per heavy atom. The molecule has 2 fully saturated rings. The topological polar surface area (TPSA) is 21.9 Å². The summed E-state index contributed by atoms with van der Waals surface area (Å²) in [6, 6.07) is 0. The monoisotopic (exact) mass is 293 g/mol. The highest BCUT2D eigenvalue weighted by Crippen LogP contribution is 2.58. The van der Waals surface area contributed by atoms with Crippen LogP contribution >= 0.6 is 11.8 Å². The molecule has 0 aromatic heterocycles. The number of halogens is 1. The van der Waals surface area contributed by atoms with Crippen LogP contribution in [0.3, 0.4) is 0 Å². The number of allylic oxidation sites excluding steroid dienone is 2. The molecule has 0 bridgehead atoms. The zero-order chi connectivity index (χ0) is 14.4. The second kappa shape index (κ2) is 4.94. The van der Waals surface area contributed by atoms with E-state index in [-0.39, 0.29) is 4.75 Å². The maximum atomic E-state index is 14.0. The molecular weight excluding hydrogens is 269 g/mol. The number of hydrogen-bond acceptors (Lipinski definition) is 2. The predicted octanol–water partition coefficient (Wildman–Crippen LogP) is 5.08. The fourth-order valence-electron chi connectivity index (χ4n) is 3.53. The highest BCUT2D eigenvalue weighted by molar-refractivity contribution is 8.04. The second-order valence-corrected chi connectivity index (χ2v) is 8.61. The summed E-state index contributed by atoms with van der Waals surface area (Å²) in [4.78, 5) is 1.30. The third kappa shape index (κ3) is 3.13. The first-order chi connectivity index (χ1) is 9.38. The summed E-state index contributed by atoms with van der Waals surface area (Å²) in [5.41, 5.74) is 1.64. The Labute approximate surface area is 125 Å². The van der Waals surface area contributed by atoms with E-state index < -0.39 is 5.67 Å². The third-order valence-corrected chi connectivity index (χ3v) is 6.55. The summed E-state index contributed by atoms with van der Waals surface area (Å²) in [5.74, 6) is 0.538. The lowest BCUT2D eigenvalue weighted by Crippen LogP contribution is -2.35. The van der Waals surface area contributed by atoms with E-state index in [1.807, 2.05) is 18.0 Å². The average Bonchev–Trinajstić information content (AvgIpc) is 3.11. The van der Waals surface area contributed by atoms with Crippen molar-refractivity contribution >= 4 is 11.8 Å². The molecule has 3 aliphatic rings. The molecule has 1 nitrogen and oxygen atoms in total. The molecule has 1 atom stereocenters. The molecule has 0 radical (unpaired) electrons. The van der Waals surface area contributed by atoms with Gasteiger partial charge in [0.15, 0.2) is 0 Å². The van der Waals surface area contributed by atoms with Crippen LogP contribution in [0.5, 0.6) is 0 Å². The lowest BCUT2D eigenvalue weighted by molar-refractivity contribution is 0.110. The van der Waals surface area contributed by atoms with Crippen LogP contribution in [-0.2, 0) is 0 Å². The van der Waals surface area contributed by atoms with Crippen molar-refractivity contribution in [2.45, 2.75) is 62.3 Å². The molecule has 110 valence electrons. The van der Waals surface area contributed by atoms with E-state index in [0.29, 0.717) is 18.8 Å². The average molecular weight is 293 g/mol. The van der Waals surface area contributed by atoms with Crippen LogP contribution in [0.15, 0.2) is 35.5 Å². The van der Waals surface area contributed by atoms with Crippen LogP contribution in [0.25, 0.3) is 0 Å². The van der Waals surface area contributed by atoms with Gasteiger partial charge in [0.25, 0.3) is 0 Å².